The van der Waals surface area contributed by atoms with Gasteiger partial charge >= 0.3 is 0 Å². The number of carbonyl (C=O) groups is 1. The van der Waals surface area contributed by atoms with Crippen molar-refractivity contribution < 1.29 is 9.90 Å². The first-order valence-corrected chi connectivity index (χ1v) is 8.73. The number of halogens is 4. The van der Waals surface area contributed by atoms with Crippen LogP contribution in [0.5, 0.6) is 5.75 Å². The molecule has 0 radical (unpaired) electrons. The van der Waals surface area contributed by atoms with Crippen molar-refractivity contribution >= 4 is 72.7 Å². The summed E-state index contributed by atoms with van der Waals surface area (Å²) in [5, 5.41) is 22.3. The Morgan fingerprint density at radius 3 is 2.67 bits per heavy atom. The van der Waals surface area contributed by atoms with Crippen molar-refractivity contribution in [2.24, 2.45) is 0 Å². The maximum atomic E-state index is 12.3. The quantitative estimate of drug-likeness (QED) is 0.424. The van der Waals surface area contributed by atoms with Crippen LogP contribution in [0.3, 0.4) is 0 Å². The predicted molar refractivity (Wildman–Crippen MR) is 102 cm³/mol. The van der Waals surface area contributed by atoms with Gasteiger partial charge in [0.15, 0.2) is 0 Å². The van der Waals surface area contributed by atoms with Gasteiger partial charge in [0.1, 0.15) is 17.4 Å². The summed E-state index contributed by atoms with van der Waals surface area (Å²) >= 11 is 18.4. The maximum absolute atomic E-state index is 12.3. The number of benzene rings is 2. The van der Waals surface area contributed by atoms with Crippen LogP contribution in [0, 0.1) is 11.3 Å². The molecule has 0 spiro atoms. The third-order valence-corrected chi connectivity index (χ3v) is 4.80. The van der Waals surface area contributed by atoms with Gasteiger partial charge in [-0.2, -0.15) is 5.26 Å². The van der Waals surface area contributed by atoms with Crippen molar-refractivity contribution in [3.8, 4) is 11.8 Å². The highest BCUT2D eigenvalue weighted by atomic mass is 79.9. The molecule has 0 fully saturated rings. The van der Waals surface area contributed by atoms with Crippen LogP contribution in [-0.4, -0.2) is 11.0 Å². The van der Waals surface area contributed by atoms with Crippen molar-refractivity contribution in [1.82, 2.24) is 0 Å². The third-order valence-electron chi connectivity index (χ3n) is 2.92. The van der Waals surface area contributed by atoms with E-state index in [0.29, 0.717) is 14.5 Å². The first-order valence-electron chi connectivity index (χ1n) is 6.38. The Balaban J connectivity index is 2.37. The first-order chi connectivity index (χ1) is 11.3. The van der Waals surface area contributed by atoms with Gasteiger partial charge in [0.2, 0.25) is 0 Å². The van der Waals surface area contributed by atoms with Crippen LogP contribution in [0.25, 0.3) is 6.08 Å². The molecule has 0 saturated heterocycles. The molecule has 0 aliphatic carbocycles. The molecule has 2 aromatic carbocycles. The SMILES string of the molecule is N#C/C(=C/c1cc(Br)cc(Br)c1O)C(=O)Nc1cccc(Cl)c1Cl. The molecule has 122 valence electrons. The number of phenolic OH excluding ortho intramolecular Hbond substituents is 1. The number of rotatable bonds is 3. The van der Waals surface area contributed by atoms with Gasteiger partial charge in [0, 0.05) is 10.0 Å². The van der Waals surface area contributed by atoms with Gasteiger partial charge in [-0.3, -0.25) is 4.79 Å². The molecule has 0 aromatic heterocycles. The molecule has 1 amide bonds. The summed E-state index contributed by atoms with van der Waals surface area (Å²) in [5.41, 5.74) is 0.390. The minimum atomic E-state index is -0.669. The van der Waals surface area contributed by atoms with Crippen molar-refractivity contribution in [2.75, 3.05) is 5.32 Å². The van der Waals surface area contributed by atoms with Gasteiger partial charge in [-0.1, -0.05) is 45.2 Å². The van der Waals surface area contributed by atoms with E-state index >= 15 is 0 Å². The fourth-order valence-electron chi connectivity index (χ4n) is 1.79. The zero-order valence-corrected chi connectivity index (χ0v) is 16.5. The molecule has 8 heteroatoms. The highest BCUT2D eigenvalue weighted by molar-refractivity contribution is 9.11. The standard InChI is InChI=1S/C16H8Br2Cl2N2O2/c17-10-5-8(15(23)11(18)6-10)4-9(7-21)16(24)22-13-3-1-2-12(19)14(13)20/h1-6,23H,(H,22,24)/b9-4-. The molecule has 0 aliphatic heterocycles. The summed E-state index contributed by atoms with van der Waals surface area (Å²) in [6.07, 6.45) is 1.28. The summed E-state index contributed by atoms with van der Waals surface area (Å²) in [6, 6.07) is 9.79. The van der Waals surface area contributed by atoms with E-state index in [9.17, 15) is 15.2 Å². The number of nitriles is 1. The number of hydrogen-bond donors (Lipinski definition) is 2. The largest absolute Gasteiger partial charge is 0.506 e. The molecule has 2 aromatic rings. The van der Waals surface area contributed by atoms with Crippen LogP contribution in [0.15, 0.2) is 44.9 Å². The summed E-state index contributed by atoms with van der Waals surface area (Å²) in [6.45, 7) is 0. The highest BCUT2D eigenvalue weighted by Gasteiger charge is 2.14. The lowest BCUT2D eigenvalue weighted by atomic mass is 10.1. The number of amides is 1. The highest BCUT2D eigenvalue weighted by Crippen LogP contribution is 2.33. The predicted octanol–water partition coefficient (Wildman–Crippen LogP) is 5.77. The Morgan fingerprint density at radius 2 is 2.00 bits per heavy atom. The van der Waals surface area contributed by atoms with Crippen molar-refractivity contribution in [1.29, 1.82) is 5.26 Å². The average molecular weight is 491 g/mol. The number of nitrogens with one attached hydrogen (secondary N) is 1. The Bertz CT molecular complexity index is 892. The molecule has 2 N–H and O–H groups in total. The van der Waals surface area contributed by atoms with E-state index < -0.39 is 5.91 Å². The molecule has 4 nitrogen and oxygen atoms in total. The van der Waals surface area contributed by atoms with Gasteiger partial charge in [0.05, 0.1) is 20.2 Å². The van der Waals surface area contributed by atoms with Crippen LogP contribution in [0.2, 0.25) is 10.0 Å². The number of phenols is 1. The van der Waals surface area contributed by atoms with Crippen LogP contribution in [0.1, 0.15) is 5.56 Å². The fourth-order valence-corrected chi connectivity index (χ4v) is 3.40. The van der Waals surface area contributed by atoms with Gasteiger partial charge in [-0.05, 0) is 46.3 Å². The van der Waals surface area contributed by atoms with Gasteiger partial charge in [-0.25, -0.2) is 0 Å². The smallest absolute Gasteiger partial charge is 0.266 e. The van der Waals surface area contributed by atoms with Crippen molar-refractivity contribution in [3.05, 3.63) is 60.5 Å². The molecule has 0 unspecified atom stereocenters. The van der Waals surface area contributed by atoms with E-state index in [0.717, 1.165) is 0 Å². The Labute approximate surface area is 164 Å². The summed E-state index contributed by atoms with van der Waals surface area (Å²) < 4.78 is 1.10. The topological polar surface area (TPSA) is 73.1 Å². The number of aromatic hydroxyl groups is 1. The summed E-state index contributed by atoms with van der Waals surface area (Å²) in [7, 11) is 0. The zero-order valence-electron chi connectivity index (χ0n) is 11.8. The van der Waals surface area contributed by atoms with E-state index in [1.165, 1.54) is 6.08 Å². The minimum absolute atomic E-state index is 0.0838. The lowest BCUT2D eigenvalue weighted by Gasteiger charge is -2.08. The van der Waals surface area contributed by atoms with Crippen molar-refractivity contribution in [3.63, 3.8) is 0 Å². The minimum Gasteiger partial charge on any atom is -0.506 e. The monoisotopic (exact) mass is 488 g/mol. The number of carbonyl (C=O) groups excluding carboxylic acids is 1. The number of hydrogen-bond acceptors (Lipinski definition) is 3. The molecule has 2 rings (SSSR count). The normalized spacial score (nSPS) is 11.0. The zero-order chi connectivity index (χ0) is 17.9. The Morgan fingerprint density at radius 1 is 1.29 bits per heavy atom. The molecule has 0 atom stereocenters. The van der Waals surface area contributed by atoms with Crippen LogP contribution < -0.4 is 5.32 Å². The molecular formula is C16H8Br2Cl2N2O2. The van der Waals surface area contributed by atoms with E-state index in [-0.39, 0.29) is 27.1 Å². The maximum Gasteiger partial charge on any atom is 0.266 e. The third kappa shape index (κ3) is 4.31. The van der Waals surface area contributed by atoms with Gasteiger partial charge in [0.25, 0.3) is 5.91 Å². The molecule has 0 heterocycles. The Kier molecular flexibility index (Phi) is 6.30. The van der Waals surface area contributed by atoms with Crippen LogP contribution in [-0.2, 0) is 4.79 Å². The molecule has 0 saturated carbocycles. The van der Waals surface area contributed by atoms with E-state index in [1.807, 2.05) is 0 Å². The lowest BCUT2D eigenvalue weighted by molar-refractivity contribution is -0.112. The van der Waals surface area contributed by atoms with Gasteiger partial charge < -0.3 is 10.4 Å². The first kappa shape index (κ1) is 18.8. The van der Waals surface area contributed by atoms with E-state index in [2.05, 4.69) is 37.2 Å². The van der Waals surface area contributed by atoms with Crippen LogP contribution >= 0.6 is 55.1 Å². The second-order valence-electron chi connectivity index (χ2n) is 4.55. The summed E-state index contributed by atoms with van der Waals surface area (Å²) in [4.78, 5) is 12.3. The van der Waals surface area contributed by atoms with Crippen LogP contribution in [0.4, 0.5) is 5.69 Å². The number of nitrogens with zero attached hydrogens (tertiary/aromatic N) is 1. The van der Waals surface area contributed by atoms with E-state index in [1.54, 1.807) is 36.4 Å². The molecule has 24 heavy (non-hydrogen) atoms. The lowest BCUT2D eigenvalue weighted by Crippen LogP contribution is -2.13. The summed E-state index contributed by atoms with van der Waals surface area (Å²) in [5.74, 6) is -0.753. The van der Waals surface area contributed by atoms with Crippen molar-refractivity contribution in [2.45, 2.75) is 0 Å². The van der Waals surface area contributed by atoms with Gasteiger partial charge in [-0.15, -0.1) is 0 Å². The molecule has 0 bridgehead atoms. The Hall–Kier alpha value is -1.52. The number of anilines is 1. The second kappa shape index (κ2) is 8.04. The molecular weight excluding hydrogens is 483 g/mol. The fraction of sp³-hybridized carbons (Fsp3) is 0. The second-order valence-corrected chi connectivity index (χ2v) is 7.11. The average Bonchev–Trinajstić information content (AvgIpc) is 2.53. The molecule has 0 aliphatic rings. The van der Waals surface area contributed by atoms with E-state index in [4.69, 9.17) is 23.2 Å².